The van der Waals surface area contributed by atoms with E-state index >= 15 is 0 Å². The number of rotatable bonds is 45. The van der Waals surface area contributed by atoms with Crippen LogP contribution in [0.5, 0.6) is 0 Å². The SMILES string of the molecule is CCCCC/C=C/C(O)C(CO)NC(=O)CCCCCCCCCCCCCCCCCCCCCCCCCCC/C=C\CCCCCCCCCC. The van der Waals surface area contributed by atoms with Gasteiger partial charge in [0.1, 0.15) is 0 Å². The topological polar surface area (TPSA) is 69.6 Å². The zero-order valence-electron chi connectivity index (χ0n) is 36.8. The summed E-state index contributed by atoms with van der Waals surface area (Å²) in [7, 11) is 0. The number of hydrogen-bond donors (Lipinski definition) is 3. The van der Waals surface area contributed by atoms with E-state index in [1.807, 2.05) is 6.08 Å². The third kappa shape index (κ3) is 42.0. The Hall–Kier alpha value is -1.13. The molecule has 0 fully saturated rings. The molecule has 0 heterocycles. The standard InChI is InChI=1S/C50H97NO3/c1-3-5-7-9-10-11-12-13-14-15-16-17-18-19-20-21-22-23-24-25-26-27-28-29-30-31-32-33-34-35-36-37-38-39-40-42-44-46-50(54)51-48(47-52)49(53)45-43-41-8-6-4-2/h15-16,43,45,48-49,52-53H,3-14,17-42,44,46-47H2,1-2H3,(H,51,54)/b16-15-,45-43+. The number of carbonyl (C=O) groups excluding carboxylic acids is 1. The van der Waals surface area contributed by atoms with E-state index in [9.17, 15) is 15.0 Å². The molecule has 320 valence electrons. The molecule has 0 rings (SSSR count). The van der Waals surface area contributed by atoms with Gasteiger partial charge >= 0.3 is 0 Å². The van der Waals surface area contributed by atoms with Gasteiger partial charge in [0.2, 0.25) is 5.91 Å². The highest BCUT2D eigenvalue weighted by Crippen LogP contribution is 2.17. The van der Waals surface area contributed by atoms with Crippen LogP contribution in [0.15, 0.2) is 24.3 Å². The maximum absolute atomic E-state index is 12.3. The molecule has 4 heteroatoms. The van der Waals surface area contributed by atoms with E-state index in [2.05, 4.69) is 31.3 Å². The largest absolute Gasteiger partial charge is 0.394 e. The van der Waals surface area contributed by atoms with Crippen molar-refractivity contribution in [1.29, 1.82) is 0 Å². The second-order valence-electron chi connectivity index (χ2n) is 16.9. The molecule has 0 saturated heterocycles. The van der Waals surface area contributed by atoms with Crippen molar-refractivity contribution in [1.82, 2.24) is 5.32 Å². The first-order chi connectivity index (χ1) is 26.7. The predicted octanol–water partition coefficient (Wildman–Crippen LogP) is 15.6. The first kappa shape index (κ1) is 52.9. The molecule has 4 nitrogen and oxygen atoms in total. The summed E-state index contributed by atoms with van der Waals surface area (Å²) in [4.78, 5) is 12.3. The molecule has 0 aliphatic rings. The maximum Gasteiger partial charge on any atom is 0.220 e. The van der Waals surface area contributed by atoms with Crippen LogP contribution in [0, 0.1) is 0 Å². The summed E-state index contributed by atoms with van der Waals surface area (Å²) in [6.45, 7) is 4.22. The first-order valence-electron chi connectivity index (χ1n) is 24.6. The molecule has 0 aliphatic carbocycles. The van der Waals surface area contributed by atoms with Crippen molar-refractivity contribution in [2.75, 3.05) is 6.61 Å². The molecule has 0 radical (unpaired) electrons. The number of amides is 1. The van der Waals surface area contributed by atoms with Gasteiger partial charge in [0.15, 0.2) is 0 Å². The summed E-state index contributed by atoms with van der Waals surface area (Å²) in [5, 5.41) is 22.6. The highest BCUT2D eigenvalue weighted by atomic mass is 16.3. The molecule has 2 unspecified atom stereocenters. The first-order valence-corrected chi connectivity index (χ1v) is 24.6. The Kier molecular flexibility index (Phi) is 45.3. The van der Waals surface area contributed by atoms with Gasteiger partial charge in [-0.25, -0.2) is 0 Å². The van der Waals surface area contributed by atoms with Gasteiger partial charge in [-0.3, -0.25) is 4.79 Å². The molecule has 0 aromatic rings. The van der Waals surface area contributed by atoms with Crippen LogP contribution in [-0.2, 0) is 4.79 Å². The molecule has 0 saturated carbocycles. The molecule has 2 atom stereocenters. The van der Waals surface area contributed by atoms with Gasteiger partial charge in [0, 0.05) is 6.42 Å². The van der Waals surface area contributed by atoms with Gasteiger partial charge in [0.25, 0.3) is 0 Å². The molecular formula is C50H97NO3. The lowest BCUT2D eigenvalue weighted by Crippen LogP contribution is -2.45. The van der Waals surface area contributed by atoms with E-state index in [0.717, 1.165) is 25.7 Å². The summed E-state index contributed by atoms with van der Waals surface area (Å²) >= 11 is 0. The molecule has 0 bridgehead atoms. The normalized spacial score (nSPS) is 13.0. The van der Waals surface area contributed by atoms with Crippen LogP contribution in [0.1, 0.15) is 271 Å². The minimum absolute atomic E-state index is 0.0671. The highest BCUT2D eigenvalue weighted by Gasteiger charge is 2.17. The molecule has 1 amide bonds. The Balaban J connectivity index is 3.28. The summed E-state index contributed by atoms with van der Waals surface area (Å²) in [5.41, 5.74) is 0. The van der Waals surface area contributed by atoms with Crippen LogP contribution in [0.4, 0.5) is 0 Å². The lowest BCUT2D eigenvalue weighted by molar-refractivity contribution is -0.123. The molecule has 3 N–H and O–H groups in total. The van der Waals surface area contributed by atoms with Gasteiger partial charge in [-0.1, -0.05) is 244 Å². The fourth-order valence-corrected chi connectivity index (χ4v) is 7.65. The van der Waals surface area contributed by atoms with Crippen LogP contribution in [-0.4, -0.2) is 34.9 Å². The Morgan fingerprint density at radius 2 is 0.704 bits per heavy atom. The van der Waals surface area contributed by atoms with Gasteiger partial charge < -0.3 is 15.5 Å². The Morgan fingerprint density at radius 1 is 0.426 bits per heavy atom. The summed E-state index contributed by atoms with van der Waals surface area (Å²) in [5.74, 6) is -0.0671. The highest BCUT2D eigenvalue weighted by molar-refractivity contribution is 5.76. The van der Waals surface area contributed by atoms with Crippen LogP contribution >= 0.6 is 0 Å². The average Bonchev–Trinajstić information content (AvgIpc) is 3.18. The molecule has 54 heavy (non-hydrogen) atoms. The van der Waals surface area contributed by atoms with Crippen LogP contribution in [0.2, 0.25) is 0 Å². The quantitative estimate of drug-likeness (QED) is 0.0428. The van der Waals surface area contributed by atoms with Crippen LogP contribution < -0.4 is 5.32 Å². The third-order valence-corrected chi connectivity index (χ3v) is 11.4. The minimum Gasteiger partial charge on any atom is -0.394 e. The van der Waals surface area contributed by atoms with Gasteiger partial charge in [-0.15, -0.1) is 0 Å². The Bertz CT molecular complexity index is 780. The van der Waals surface area contributed by atoms with Gasteiger partial charge in [-0.2, -0.15) is 0 Å². The van der Waals surface area contributed by atoms with E-state index in [1.54, 1.807) is 6.08 Å². The Labute approximate surface area is 339 Å². The van der Waals surface area contributed by atoms with Gasteiger partial charge in [-0.05, 0) is 44.9 Å². The minimum atomic E-state index is -0.831. The number of nitrogens with one attached hydrogen (secondary N) is 1. The lowest BCUT2D eigenvalue weighted by atomic mass is 10.0. The summed E-state index contributed by atoms with van der Waals surface area (Å²) < 4.78 is 0. The number of aliphatic hydroxyl groups is 2. The van der Waals surface area contributed by atoms with Crippen molar-refractivity contribution >= 4 is 5.91 Å². The van der Waals surface area contributed by atoms with E-state index in [4.69, 9.17) is 0 Å². The monoisotopic (exact) mass is 760 g/mol. The number of carbonyl (C=O) groups is 1. The van der Waals surface area contributed by atoms with Crippen molar-refractivity contribution in [2.45, 2.75) is 283 Å². The fourth-order valence-electron chi connectivity index (χ4n) is 7.65. The number of unbranched alkanes of at least 4 members (excludes halogenated alkanes) is 36. The number of aliphatic hydroxyl groups excluding tert-OH is 2. The zero-order chi connectivity index (χ0) is 39.3. The maximum atomic E-state index is 12.3. The zero-order valence-corrected chi connectivity index (χ0v) is 36.8. The smallest absolute Gasteiger partial charge is 0.220 e. The number of allylic oxidation sites excluding steroid dienone is 3. The predicted molar refractivity (Wildman–Crippen MR) is 239 cm³/mol. The summed E-state index contributed by atoms with van der Waals surface area (Å²) in [6, 6.07) is -0.614. The van der Waals surface area contributed by atoms with E-state index in [0.29, 0.717) is 6.42 Å². The Morgan fingerprint density at radius 3 is 1.06 bits per heavy atom. The molecule has 0 aromatic heterocycles. The van der Waals surface area contributed by atoms with Gasteiger partial charge in [0.05, 0.1) is 18.8 Å². The van der Waals surface area contributed by atoms with Crippen molar-refractivity contribution < 1.29 is 15.0 Å². The van der Waals surface area contributed by atoms with Crippen molar-refractivity contribution in [3.63, 3.8) is 0 Å². The third-order valence-electron chi connectivity index (χ3n) is 11.4. The lowest BCUT2D eigenvalue weighted by Gasteiger charge is -2.20. The molecule has 0 spiro atoms. The average molecular weight is 760 g/mol. The molecule has 0 aliphatic heterocycles. The molecular weight excluding hydrogens is 663 g/mol. The van der Waals surface area contributed by atoms with Crippen LogP contribution in [0.25, 0.3) is 0 Å². The second-order valence-corrected chi connectivity index (χ2v) is 16.9. The van der Waals surface area contributed by atoms with Crippen LogP contribution in [0.3, 0.4) is 0 Å². The van der Waals surface area contributed by atoms with E-state index in [-0.39, 0.29) is 12.5 Å². The fraction of sp³-hybridized carbons (Fsp3) is 0.900. The van der Waals surface area contributed by atoms with E-state index < -0.39 is 12.1 Å². The van der Waals surface area contributed by atoms with E-state index in [1.165, 1.54) is 225 Å². The number of hydrogen-bond acceptors (Lipinski definition) is 3. The second kappa shape index (κ2) is 46.3. The molecule has 0 aromatic carbocycles. The van der Waals surface area contributed by atoms with Crippen molar-refractivity contribution in [3.05, 3.63) is 24.3 Å². The summed E-state index contributed by atoms with van der Waals surface area (Å²) in [6.07, 6.45) is 60.9. The van der Waals surface area contributed by atoms with Crippen molar-refractivity contribution in [3.8, 4) is 0 Å². The van der Waals surface area contributed by atoms with Crippen molar-refractivity contribution in [2.24, 2.45) is 0 Å².